The fourth-order valence-electron chi connectivity index (χ4n) is 4.77. The van der Waals surface area contributed by atoms with Crippen molar-refractivity contribution in [1.82, 2.24) is 30.2 Å². The van der Waals surface area contributed by atoms with Crippen molar-refractivity contribution in [2.24, 2.45) is 11.8 Å². The van der Waals surface area contributed by atoms with E-state index in [9.17, 15) is 0 Å². The Morgan fingerprint density at radius 1 is 0.871 bits per heavy atom. The van der Waals surface area contributed by atoms with Crippen molar-refractivity contribution >= 4 is 0 Å². The Morgan fingerprint density at radius 3 is 2.23 bits per heavy atom. The summed E-state index contributed by atoms with van der Waals surface area (Å²) in [4.78, 5) is 17.5. The van der Waals surface area contributed by atoms with E-state index in [0.717, 1.165) is 49.4 Å². The molecule has 2 aliphatic heterocycles. The maximum atomic E-state index is 4.35. The Bertz CT molecular complexity index is 824. The molecule has 2 fully saturated rings. The van der Waals surface area contributed by atoms with E-state index >= 15 is 0 Å². The molecular formula is C25H36N6. The van der Waals surface area contributed by atoms with Crippen molar-refractivity contribution in [3.8, 4) is 0 Å². The Labute approximate surface area is 185 Å². The predicted molar refractivity (Wildman–Crippen MR) is 125 cm³/mol. The van der Waals surface area contributed by atoms with E-state index < -0.39 is 0 Å². The lowest BCUT2D eigenvalue weighted by atomic mass is 9.94. The van der Waals surface area contributed by atoms with Gasteiger partial charge in [-0.3, -0.25) is 4.90 Å². The van der Waals surface area contributed by atoms with Gasteiger partial charge in [0.2, 0.25) is 0 Å². The number of nitrogens with zero attached hydrogens (tertiary/aromatic N) is 3. The van der Waals surface area contributed by atoms with Crippen LogP contribution in [0.5, 0.6) is 0 Å². The van der Waals surface area contributed by atoms with Gasteiger partial charge in [-0.15, -0.1) is 0 Å². The fraction of sp³-hybridized carbons (Fsp3) is 0.520. The number of nitrogens with one attached hydrogen (secondary N) is 3. The van der Waals surface area contributed by atoms with Crippen LogP contribution in [0.2, 0.25) is 0 Å². The quantitative estimate of drug-likeness (QED) is 0.567. The molecule has 166 valence electrons. The van der Waals surface area contributed by atoms with E-state index in [-0.39, 0.29) is 0 Å². The molecular weight excluding hydrogens is 384 g/mol. The molecule has 5 rings (SSSR count). The molecule has 2 aromatic heterocycles. The maximum Gasteiger partial charge on any atom is 0.106 e. The summed E-state index contributed by atoms with van der Waals surface area (Å²) < 4.78 is 0. The molecule has 0 radical (unpaired) electrons. The summed E-state index contributed by atoms with van der Waals surface area (Å²) in [6, 6.07) is 10.8. The first-order chi connectivity index (χ1) is 15.3. The van der Waals surface area contributed by atoms with Gasteiger partial charge < -0.3 is 15.3 Å². The molecule has 4 heterocycles. The molecule has 0 unspecified atom stereocenters. The largest absolute Gasteiger partial charge is 0.349 e. The Balaban J connectivity index is 0.000000166. The topological polar surface area (TPSA) is 72.6 Å². The molecule has 6 heteroatoms. The summed E-state index contributed by atoms with van der Waals surface area (Å²) in [6.45, 7) is 5.84. The smallest absolute Gasteiger partial charge is 0.106 e. The highest BCUT2D eigenvalue weighted by Crippen LogP contribution is 2.21. The molecule has 0 aliphatic carbocycles. The average molecular weight is 421 g/mol. The molecule has 6 nitrogen and oxygen atoms in total. The predicted octanol–water partition coefficient (Wildman–Crippen LogP) is 3.82. The number of aromatic nitrogens is 4. The van der Waals surface area contributed by atoms with E-state index in [1.807, 2.05) is 24.8 Å². The maximum absolute atomic E-state index is 4.35. The summed E-state index contributed by atoms with van der Waals surface area (Å²) in [5, 5.41) is 3.41. The van der Waals surface area contributed by atoms with Crippen molar-refractivity contribution in [3.63, 3.8) is 0 Å². The van der Waals surface area contributed by atoms with Gasteiger partial charge in [-0.2, -0.15) is 0 Å². The van der Waals surface area contributed by atoms with Crippen LogP contribution in [-0.4, -0.2) is 51.0 Å². The Morgan fingerprint density at radius 2 is 1.58 bits per heavy atom. The van der Waals surface area contributed by atoms with E-state index in [4.69, 9.17) is 0 Å². The molecule has 0 spiro atoms. The van der Waals surface area contributed by atoms with Crippen LogP contribution in [0, 0.1) is 11.8 Å². The summed E-state index contributed by atoms with van der Waals surface area (Å²) in [6.07, 6.45) is 14.9. The first kappa shape index (κ1) is 21.8. The second-order valence-electron chi connectivity index (χ2n) is 8.92. The van der Waals surface area contributed by atoms with Crippen LogP contribution in [0.15, 0.2) is 55.1 Å². The number of hydrogen-bond acceptors (Lipinski definition) is 4. The molecule has 3 aromatic rings. The zero-order valence-electron chi connectivity index (χ0n) is 18.5. The molecule has 2 aliphatic rings. The second kappa shape index (κ2) is 11.8. The van der Waals surface area contributed by atoms with E-state index in [2.05, 4.69) is 60.5 Å². The number of hydrogen-bond donors (Lipinski definition) is 3. The van der Waals surface area contributed by atoms with Crippen LogP contribution in [0.4, 0.5) is 0 Å². The number of rotatable bonds is 6. The minimum atomic E-state index is 0.739. The van der Waals surface area contributed by atoms with Crippen LogP contribution >= 0.6 is 0 Å². The lowest BCUT2D eigenvalue weighted by Gasteiger charge is -2.32. The molecule has 0 bridgehead atoms. The first-order valence-corrected chi connectivity index (χ1v) is 11.8. The molecule has 2 atom stereocenters. The van der Waals surface area contributed by atoms with E-state index in [0.29, 0.717) is 0 Å². The van der Waals surface area contributed by atoms with Gasteiger partial charge in [0.05, 0.1) is 0 Å². The molecule has 0 saturated carbocycles. The fourth-order valence-corrected chi connectivity index (χ4v) is 4.77. The van der Waals surface area contributed by atoms with Gasteiger partial charge in [0.15, 0.2) is 0 Å². The molecule has 0 amide bonds. The summed E-state index contributed by atoms with van der Waals surface area (Å²) in [5.41, 5.74) is 1.42. The Hall–Kier alpha value is -2.44. The van der Waals surface area contributed by atoms with Gasteiger partial charge in [0, 0.05) is 50.7 Å². The third kappa shape index (κ3) is 7.33. The Kier molecular flexibility index (Phi) is 8.30. The number of aromatic amines is 2. The lowest BCUT2D eigenvalue weighted by molar-refractivity contribution is 0.166. The van der Waals surface area contributed by atoms with Crippen molar-refractivity contribution in [2.45, 2.75) is 45.1 Å². The summed E-state index contributed by atoms with van der Waals surface area (Å²) >= 11 is 0. The molecule has 1 aromatic carbocycles. The SMILES string of the molecule is c1c[nH]c(C[C@@H]2CCCNC2)n1.c1ccc(CN2CCC[C@@H](Cc3ncc[nH]3)C2)cc1. The third-order valence-electron chi connectivity index (χ3n) is 6.32. The number of likely N-dealkylation sites (tertiary alicyclic amines) is 1. The van der Waals surface area contributed by atoms with Crippen molar-refractivity contribution in [1.29, 1.82) is 0 Å². The van der Waals surface area contributed by atoms with Gasteiger partial charge in [-0.1, -0.05) is 30.3 Å². The van der Waals surface area contributed by atoms with E-state index in [1.165, 1.54) is 50.9 Å². The van der Waals surface area contributed by atoms with Crippen LogP contribution in [0.3, 0.4) is 0 Å². The van der Waals surface area contributed by atoms with Crippen LogP contribution in [-0.2, 0) is 19.4 Å². The highest BCUT2D eigenvalue weighted by molar-refractivity contribution is 5.14. The number of imidazole rings is 2. The molecule has 3 N–H and O–H groups in total. The van der Waals surface area contributed by atoms with Crippen LogP contribution < -0.4 is 5.32 Å². The lowest BCUT2D eigenvalue weighted by Crippen LogP contribution is -2.35. The molecule has 31 heavy (non-hydrogen) atoms. The zero-order chi connectivity index (χ0) is 21.1. The van der Waals surface area contributed by atoms with Gasteiger partial charge in [-0.25, -0.2) is 9.97 Å². The highest BCUT2D eigenvalue weighted by atomic mass is 15.1. The van der Waals surface area contributed by atoms with Crippen molar-refractivity contribution < 1.29 is 0 Å². The minimum absolute atomic E-state index is 0.739. The number of H-pyrrole nitrogens is 2. The standard InChI is InChI=1S/C16H21N3.C9H15N3/c1-2-5-14(6-3-1)12-19-10-4-7-15(13-19)11-16-17-8-9-18-16;1-2-8(7-10-3-1)6-9-11-4-5-12-9/h1-3,5-6,8-9,15H,4,7,10-13H2,(H,17,18);4-5,8,10H,1-3,6-7H2,(H,11,12)/t15-;8-/m00/s1. The number of piperidine rings is 2. The van der Waals surface area contributed by atoms with Crippen molar-refractivity contribution in [3.05, 3.63) is 72.3 Å². The normalized spacial score (nSPS) is 21.9. The molecule has 2 saturated heterocycles. The monoisotopic (exact) mass is 420 g/mol. The second-order valence-corrected chi connectivity index (χ2v) is 8.92. The van der Waals surface area contributed by atoms with Crippen LogP contribution in [0.25, 0.3) is 0 Å². The first-order valence-electron chi connectivity index (χ1n) is 11.8. The van der Waals surface area contributed by atoms with Gasteiger partial charge >= 0.3 is 0 Å². The van der Waals surface area contributed by atoms with Gasteiger partial charge in [0.25, 0.3) is 0 Å². The zero-order valence-corrected chi connectivity index (χ0v) is 18.5. The van der Waals surface area contributed by atoms with Crippen LogP contribution in [0.1, 0.15) is 42.9 Å². The van der Waals surface area contributed by atoms with Gasteiger partial charge in [0.1, 0.15) is 11.6 Å². The van der Waals surface area contributed by atoms with Crippen molar-refractivity contribution in [2.75, 3.05) is 26.2 Å². The highest BCUT2D eigenvalue weighted by Gasteiger charge is 2.20. The minimum Gasteiger partial charge on any atom is -0.349 e. The average Bonchev–Trinajstić information content (AvgIpc) is 3.51. The van der Waals surface area contributed by atoms with E-state index in [1.54, 1.807) is 0 Å². The summed E-state index contributed by atoms with van der Waals surface area (Å²) in [7, 11) is 0. The third-order valence-corrected chi connectivity index (χ3v) is 6.32. The number of benzene rings is 1. The van der Waals surface area contributed by atoms with Gasteiger partial charge in [-0.05, 0) is 62.7 Å². The summed E-state index contributed by atoms with van der Waals surface area (Å²) in [5.74, 6) is 3.78.